The van der Waals surface area contributed by atoms with Crippen LogP contribution in [0.4, 0.5) is 0 Å². The predicted octanol–water partition coefficient (Wildman–Crippen LogP) is 3.30. The van der Waals surface area contributed by atoms with Gasteiger partial charge < -0.3 is 24.3 Å². The van der Waals surface area contributed by atoms with E-state index in [0.29, 0.717) is 34.9 Å². The van der Waals surface area contributed by atoms with E-state index in [2.05, 4.69) is 17.6 Å². The first kappa shape index (κ1) is 18.4. The van der Waals surface area contributed by atoms with Crippen molar-refractivity contribution in [3.63, 3.8) is 0 Å². The van der Waals surface area contributed by atoms with Crippen molar-refractivity contribution in [2.75, 3.05) is 14.2 Å². The van der Waals surface area contributed by atoms with E-state index < -0.39 is 5.92 Å². The highest BCUT2D eigenvalue weighted by molar-refractivity contribution is 5.67. The normalized spacial score (nSPS) is 15.4. The molecule has 2 N–H and O–H groups in total. The molecule has 0 radical (unpaired) electrons. The summed E-state index contributed by atoms with van der Waals surface area (Å²) in [6.07, 6.45) is 7.78. The van der Waals surface area contributed by atoms with Crippen molar-refractivity contribution in [3.8, 4) is 23.3 Å². The molecule has 0 saturated carbocycles. The minimum atomic E-state index is -0.422. The standard InChI is InChI=1S/C22H20N4O3/c1-4-5-13-10-14(11-17(27-2)19(13)28-3)18-15-6-8-26-9-7-25-22(26)20(15)29-21(24)16(18)12-23/h4,6-11,18H,1,5,24H2,2-3H3. The van der Waals surface area contributed by atoms with Gasteiger partial charge in [-0.15, -0.1) is 6.58 Å². The lowest BCUT2D eigenvalue weighted by molar-refractivity contribution is 0.351. The number of imidazole rings is 1. The maximum atomic E-state index is 9.83. The summed E-state index contributed by atoms with van der Waals surface area (Å²) in [5.41, 5.74) is 9.68. The van der Waals surface area contributed by atoms with Gasteiger partial charge in [-0.25, -0.2) is 4.98 Å². The van der Waals surface area contributed by atoms with Crippen molar-refractivity contribution in [2.45, 2.75) is 12.3 Å². The lowest BCUT2D eigenvalue weighted by Crippen LogP contribution is -2.22. The fourth-order valence-corrected chi connectivity index (χ4v) is 3.78. The summed E-state index contributed by atoms with van der Waals surface area (Å²) in [7, 11) is 3.18. The van der Waals surface area contributed by atoms with E-state index >= 15 is 0 Å². The summed E-state index contributed by atoms with van der Waals surface area (Å²) in [6.45, 7) is 3.83. The van der Waals surface area contributed by atoms with Crippen molar-refractivity contribution in [3.05, 3.63) is 77.6 Å². The van der Waals surface area contributed by atoms with Crippen molar-refractivity contribution in [2.24, 2.45) is 5.73 Å². The molecule has 146 valence electrons. The number of hydrogen-bond acceptors (Lipinski definition) is 6. The number of aromatic nitrogens is 2. The summed E-state index contributed by atoms with van der Waals surface area (Å²) >= 11 is 0. The second kappa shape index (κ2) is 7.24. The molecule has 1 aliphatic heterocycles. The zero-order chi connectivity index (χ0) is 20.5. The SMILES string of the molecule is C=CCc1cc(C2C(C#N)=C(N)Oc3c2ccn2ccnc32)cc(OC)c1OC. The maximum Gasteiger partial charge on any atom is 0.205 e. The Morgan fingerprint density at radius 1 is 1.34 bits per heavy atom. The van der Waals surface area contributed by atoms with E-state index in [1.54, 1.807) is 26.5 Å². The van der Waals surface area contributed by atoms with Crippen molar-refractivity contribution in [1.82, 2.24) is 9.38 Å². The van der Waals surface area contributed by atoms with Crippen LogP contribution < -0.4 is 19.9 Å². The molecule has 0 aliphatic carbocycles. The van der Waals surface area contributed by atoms with E-state index in [-0.39, 0.29) is 5.88 Å². The molecule has 1 unspecified atom stereocenters. The van der Waals surface area contributed by atoms with Crippen molar-refractivity contribution in [1.29, 1.82) is 5.26 Å². The second-order valence-electron chi connectivity index (χ2n) is 6.59. The molecular weight excluding hydrogens is 368 g/mol. The van der Waals surface area contributed by atoms with Crippen LogP contribution >= 0.6 is 0 Å². The predicted molar refractivity (Wildman–Crippen MR) is 108 cm³/mol. The fourth-order valence-electron chi connectivity index (χ4n) is 3.78. The molecule has 7 nitrogen and oxygen atoms in total. The number of nitrogens with zero attached hydrogens (tertiary/aromatic N) is 3. The van der Waals surface area contributed by atoms with Gasteiger partial charge in [-0.1, -0.05) is 12.1 Å². The third-order valence-corrected chi connectivity index (χ3v) is 5.02. The van der Waals surface area contributed by atoms with Gasteiger partial charge in [0.05, 0.1) is 20.1 Å². The Hall–Kier alpha value is -3.92. The summed E-state index contributed by atoms with van der Waals surface area (Å²) in [5.74, 6) is 1.41. The first-order valence-corrected chi connectivity index (χ1v) is 9.01. The van der Waals surface area contributed by atoms with E-state index in [9.17, 15) is 5.26 Å². The monoisotopic (exact) mass is 388 g/mol. The largest absolute Gasteiger partial charge is 0.493 e. The highest BCUT2D eigenvalue weighted by atomic mass is 16.5. The van der Waals surface area contributed by atoms with Crippen LogP contribution in [0.2, 0.25) is 0 Å². The molecule has 1 aromatic carbocycles. The van der Waals surface area contributed by atoms with Gasteiger partial charge in [-0.2, -0.15) is 5.26 Å². The first-order valence-electron chi connectivity index (χ1n) is 9.01. The minimum absolute atomic E-state index is 0.0705. The van der Waals surface area contributed by atoms with Gasteiger partial charge >= 0.3 is 0 Å². The number of benzene rings is 1. The van der Waals surface area contributed by atoms with Crippen LogP contribution in [0.3, 0.4) is 0 Å². The third-order valence-electron chi connectivity index (χ3n) is 5.02. The molecule has 2 aromatic heterocycles. The first-order chi connectivity index (χ1) is 14.1. The van der Waals surface area contributed by atoms with Crippen LogP contribution in [0.5, 0.6) is 17.2 Å². The molecule has 7 heteroatoms. The van der Waals surface area contributed by atoms with Crippen LogP contribution in [-0.4, -0.2) is 23.6 Å². The number of rotatable bonds is 5. The summed E-state index contributed by atoms with van der Waals surface area (Å²) < 4.78 is 18.8. The number of nitrogens with two attached hydrogens (primary N) is 1. The Labute approximate surface area is 168 Å². The Morgan fingerprint density at radius 2 is 2.17 bits per heavy atom. The Balaban J connectivity index is 2.00. The molecule has 1 aliphatic rings. The highest BCUT2D eigenvalue weighted by Crippen LogP contribution is 2.46. The number of pyridine rings is 1. The zero-order valence-corrected chi connectivity index (χ0v) is 16.2. The van der Waals surface area contributed by atoms with Crippen LogP contribution in [0.25, 0.3) is 5.65 Å². The molecule has 3 heterocycles. The van der Waals surface area contributed by atoms with E-state index in [1.807, 2.05) is 35.0 Å². The quantitative estimate of drug-likeness (QED) is 0.674. The summed E-state index contributed by atoms with van der Waals surface area (Å²) in [5, 5.41) is 9.83. The Bertz CT molecular complexity index is 1190. The van der Waals surface area contributed by atoms with Crippen molar-refractivity contribution < 1.29 is 14.2 Å². The molecule has 3 aromatic rings. The molecule has 0 fully saturated rings. The van der Waals surface area contributed by atoms with Crippen LogP contribution in [0.1, 0.15) is 22.6 Å². The molecule has 0 saturated heterocycles. The fraction of sp³-hybridized carbons (Fsp3) is 0.182. The number of nitriles is 1. The van der Waals surface area contributed by atoms with Gasteiger partial charge in [-0.05, 0) is 24.1 Å². The number of ether oxygens (including phenoxy) is 3. The molecular formula is C22H20N4O3. The average molecular weight is 388 g/mol. The number of methoxy groups -OCH3 is 2. The molecule has 4 rings (SSSR count). The van der Waals surface area contributed by atoms with E-state index in [4.69, 9.17) is 19.9 Å². The maximum absolute atomic E-state index is 9.83. The van der Waals surface area contributed by atoms with E-state index in [1.165, 1.54) is 0 Å². The Kier molecular flexibility index (Phi) is 4.61. The Morgan fingerprint density at radius 3 is 2.86 bits per heavy atom. The number of fused-ring (bicyclic) bond motifs is 3. The molecule has 1 atom stereocenters. The number of allylic oxidation sites excluding steroid dienone is 2. The van der Waals surface area contributed by atoms with Gasteiger partial charge in [0.15, 0.2) is 22.9 Å². The van der Waals surface area contributed by atoms with E-state index in [0.717, 1.165) is 16.7 Å². The summed E-state index contributed by atoms with van der Waals surface area (Å²) in [4.78, 5) is 4.37. The van der Waals surface area contributed by atoms with Gasteiger partial charge in [0.25, 0.3) is 0 Å². The van der Waals surface area contributed by atoms with Gasteiger partial charge in [0.1, 0.15) is 11.6 Å². The van der Waals surface area contributed by atoms with Crippen molar-refractivity contribution >= 4 is 5.65 Å². The lowest BCUT2D eigenvalue weighted by Gasteiger charge is -2.27. The minimum Gasteiger partial charge on any atom is -0.493 e. The smallest absolute Gasteiger partial charge is 0.205 e. The average Bonchev–Trinajstić information content (AvgIpc) is 3.21. The van der Waals surface area contributed by atoms with Crippen LogP contribution in [0.15, 0.2) is 60.9 Å². The second-order valence-corrected chi connectivity index (χ2v) is 6.59. The van der Waals surface area contributed by atoms with Gasteiger partial charge in [0, 0.05) is 29.7 Å². The van der Waals surface area contributed by atoms with Gasteiger partial charge in [0.2, 0.25) is 5.88 Å². The molecule has 0 bridgehead atoms. The summed E-state index contributed by atoms with van der Waals surface area (Å²) in [6, 6.07) is 7.99. The zero-order valence-electron chi connectivity index (χ0n) is 16.2. The molecule has 0 amide bonds. The van der Waals surface area contributed by atoms with Crippen LogP contribution in [0, 0.1) is 11.3 Å². The molecule has 29 heavy (non-hydrogen) atoms. The van der Waals surface area contributed by atoms with Crippen LogP contribution in [-0.2, 0) is 6.42 Å². The van der Waals surface area contributed by atoms with Gasteiger partial charge in [-0.3, -0.25) is 0 Å². The molecule has 0 spiro atoms. The third kappa shape index (κ3) is 2.86. The topological polar surface area (TPSA) is 94.8 Å². The highest BCUT2D eigenvalue weighted by Gasteiger charge is 2.33. The number of hydrogen-bond donors (Lipinski definition) is 1. The lowest BCUT2D eigenvalue weighted by atomic mass is 9.83.